The van der Waals surface area contributed by atoms with Crippen molar-refractivity contribution >= 4 is 10.0 Å². The van der Waals surface area contributed by atoms with Crippen LogP contribution in [0.2, 0.25) is 0 Å². The Morgan fingerprint density at radius 2 is 1.95 bits per heavy atom. The van der Waals surface area contributed by atoms with Gasteiger partial charge in [0.15, 0.2) is 5.03 Å². The van der Waals surface area contributed by atoms with Crippen molar-refractivity contribution in [3.8, 4) is 0 Å². The van der Waals surface area contributed by atoms with Crippen LogP contribution in [-0.2, 0) is 21.3 Å². The molecule has 1 aromatic heterocycles. The molecule has 0 aliphatic rings. The average molecular weight is 303 g/mol. The molecular weight excluding hydrogens is 278 g/mol. The van der Waals surface area contributed by atoms with Crippen LogP contribution in [0.1, 0.15) is 45.9 Å². The Kier molecular flexibility index (Phi) is 6.16. The fourth-order valence-electron chi connectivity index (χ4n) is 1.77. The van der Waals surface area contributed by atoms with E-state index in [-0.39, 0.29) is 10.9 Å². The van der Waals surface area contributed by atoms with E-state index in [0.717, 1.165) is 6.42 Å². The fraction of sp³-hybridized carbons (Fsp3) is 0.769. The first-order valence-corrected chi connectivity index (χ1v) is 8.44. The lowest BCUT2D eigenvalue weighted by Gasteiger charge is -2.11. The van der Waals surface area contributed by atoms with Crippen LogP contribution >= 0.6 is 0 Å². The van der Waals surface area contributed by atoms with Crippen LogP contribution in [0.25, 0.3) is 0 Å². The summed E-state index contributed by atoms with van der Waals surface area (Å²) in [6.45, 7) is 10.0. The third kappa shape index (κ3) is 5.22. The standard InChI is InChI=1S/C13H25N3O3S/c1-10(2)5-7-19-8-6-16-9-12(20(14,17)18)15-13(16)11(3)4/h9-11H,5-8H2,1-4H3,(H2,14,17,18). The number of nitrogens with zero attached hydrogens (tertiary/aromatic N) is 2. The van der Waals surface area contributed by atoms with E-state index in [1.54, 1.807) is 4.57 Å². The molecule has 1 rings (SSSR count). The molecule has 0 radical (unpaired) electrons. The number of rotatable bonds is 8. The second-order valence-electron chi connectivity index (χ2n) is 5.63. The molecule has 0 unspecified atom stereocenters. The highest BCUT2D eigenvalue weighted by Crippen LogP contribution is 2.16. The molecule has 116 valence electrons. The Morgan fingerprint density at radius 1 is 1.30 bits per heavy atom. The fourth-order valence-corrected chi connectivity index (χ4v) is 2.26. The van der Waals surface area contributed by atoms with E-state index in [1.807, 2.05) is 13.8 Å². The minimum Gasteiger partial charge on any atom is -0.380 e. The largest absolute Gasteiger partial charge is 0.380 e. The van der Waals surface area contributed by atoms with E-state index >= 15 is 0 Å². The number of ether oxygens (including phenoxy) is 1. The van der Waals surface area contributed by atoms with Crippen molar-refractivity contribution in [3.05, 3.63) is 12.0 Å². The summed E-state index contributed by atoms with van der Waals surface area (Å²) < 4.78 is 30.0. The van der Waals surface area contributed by atoms with Crippen molar-refractivity contribution in [1.82, 2.24) is 9.55 Å². The number of nitrogens with two attached hydrogens (primary N) is 1. The average Bonchev–Trinajstić information content (AvgIpc) is 2.72. The van der Waals surface area contributed by atoms with Crippen molar-refractivity contribution in [3.63, 3.8) is 0 Å². The number of hydrogen-bond donors (Lipinski definition) is 1. The molecule has 1 heterocycles. The molecule has 7 heteroatoms. The molecule has 0 atom stereocenters. The SMILES string of the molecule is CC(C)CCOCCn1cc(S(N)(=O)=O)nc1C(C)C. The Morgan fingerprint density at radius 3 is 2.45 bits per heavy atom. The summed E-state index contributed by atoms with van der Waals surface area (Å²) in [5, 5.41) is 5.03. The molecule has 0 aromatic carbocycles. The first-order valence-electron chi connectivity index (χ1n) is 6.89. The van der Waals surface area contributed by atoms with Crippen molar-refractivity contribution in [2.24, 2.45) is 11.1 Å². The van der Waals surface area contributed by atoms with Crippen LogP contribution in [-0.4, -0.2) is 31.2 Å². The maximum Gasteiger partial charge on any atom is 0.257 e. The van der Waals surface area contributed by atoms with Crippen molar-refractivity contribution in [2.45, 2.75) is 51.6 Å². The van der Waals surface area contributed by atoms with Crippen LogP contribution in [0, 0.1) is 5.92 Å². The van der Waals surface area contributed by atoms with E-state index in [4.69, 9.17) is 9.88 Å². The molecule has 2 N–H and O–H groups in total. The molecule has 0 aliphatic carbocycles. The lowest BCUT2D eigenvalue weighted by Crippen LogP contribution is -2.12. The van der Waals surface area contributed by atoms with Gasteiger partial charge in [-0.2, -0.15) is 0 Å². The first-order chi connectivity index (χ1) is 9.21. The molecule has 0 saturated heterocycles. The summed E-state index contributed by atoms with van der Waals surface area (Å²) in [6.07, 6.45) is 2.50. The smallest absolute Gasteiger partial charge is 0.257 e. The van der Waals surface area contributed by atoms with Crippen LogP contribution in [0.3, 0.4) is 0 Å². The summed E-state index contributed by atoms with van der Waals surface area (Å²) in [5.41, 5.74) is 0. The second kappa shape index (κ2) is 7.19. The molecule has 0 amide bonds. The van der Waals surface area contributed by atoms with Crippen LogP contribution in [0.15, 0.2) is 11.2 Å². The molecule has 1 aromatic rings. The lowest BCUT2D eigenvalue weighted by molar-refractivity contribution is 0.115. The van der Waals surface area contributed by atoms with E-state index < -0.39 is 10.0 Å². The summed E-state index contributed by atoms with van der Waals surface area (Å²) in [7, 11) is -3.76. The zero-order valence-electron chi connectivity index (χ0n) is 12.7. The van der Waals surface area contributed by atoms with E-state index in [2.05, 4.69) is 18.8 Å². The van der Waals surface area contributed by atoms with Gasteiger partial charge in [-0.15, -0.1) is 0 Å². The topological polar surface area (TPSA) is 87.2 Å². The number of imidazole rings is 1. The lowest BCUT2D eigenvalue weighted by atomic mass is 10.1. The summed E-state index contributed by atoms with van der Waals surface area (Å²) in [6, 6.07) is 0. The maximum atomic E-state index is 11.3. The Bertz CT molecular complexity index is 521. The monoisotopic (exact) mass is 303 g/mol. The van der Waals surface area contributed by atoms with Gasteiger partial charge in [-0.25, -0.2) is 18.5 Å². The highest BCUT2D eigenvalue weighted by Gasteiger charge is 2.17. The first kappa shape index (κ1) is 17.1. The Hall–Kier alpha value is -0.920. The summed E-state index contributed by atoms with van der Waals surface area (Å²) >= 11 is 0. The Labute approximate surface area is 121 Å². The number of primary sulfonamides is 1. The van der Waals surface area contributed by atoms with Gasteiger partial charge in [0.1, 0.15) is 5.82 Å². The van der Waals surface area contributed by atoms with Gasteiger partial charge >= 0.3 is 0 Å². The zero-order valence-corrected chi connectivity index (χ0v) is 13.5. The highest BCUT2D eigenvalue weighted by atomic mass is 32.2. The minimum atomic E-state index is -3.76. The molecule has 0 bridgehead atoms. The van der Waals surface area contributed by atoms with Gasteiger partial charge in [0, 0.05) is 25.3 Å². The van der Waals surface area contributed by atoms with Crippen LogP contribution in [0.4, 0.5) is 0 Å². The predicted octanol–water partition coefficient (Wildman–Crippen LogP) is 1.72. The third-order valence-corrected chi connectivity index (χ3v) is 3.69. The molecule has 0 spiro atoms. The predicted molar refractivity (Wildman–Crippen MR) is 78.0 cm³/mol. The molecule has 20 heavy (non-hydrogen) atoms. The second-order valence-corrected chi connectivity index (χ2v) is 7.13. The quantitative estimate of drug-likeness (QED) is 0.741. The molecular formula is C13H25N3O3S. The summed E-state index contributed by atoms with van der Waals surface area (Å²) in [4.78, 5) is 4.10. The zero-order chi connectivity index (χ0) is 15.3. The third-order valence-electron chi connectivity index (χ3n) is 2.91. The normalized spacial score (nSPS) is 12.6. The van der Waals surface area contributed by atoms with Crippen molar-refractivity contribution < 1.29 is 13.2 Å². The molecule has 0 aliphatic heterocycles. The van der Waals surface area contributed by atoms with E-state index in [0.29, 0.717) is 31.5 Å². The van der Waals surface area contributed by atoms with Crippen LogP contribution in [0.5, 0.6) is 0 Å². The molecule has 0 saturated carbocycles. The number of hydrogen-bond acceptors (Lipinski definition) is 4. The highest BCUT2D eigenvalue weighted by molar-refractivity contribution is 7.89. The van der Waals surface area contributed by atoms with Gasteiger partial charge in [-0.3, -0.25) is 0 Å². The van der Waals surface area contributed by atoms with Gasteiger partial charge in [0.25, 0.3) is 10.0 Å². The molecule has 6 nitrogen and oxygen atoms in total. The number of aromatic nitrogens is 2. The Balaban J connectivity index is 2.66. The summed E-state index contributed by atoms with van der Waals surface area (Å²) in [5.74, 6) is 1.45. The maximum absolute atomic E-state index is 11.3. The van der Waals surface area contributed by atoms with Crippen LogP contribution < -0.4 is 5.14 Å². The minimum absolute atomic E-state index is 0.0802. The van der Waals surface area contributed by atoms with Gasteiger partial charge in [-0.1, -0.05) is 27.7 Å². The van der Waals surface area contributed by atoms with Gasteiger partial charge in [-0.05, 0) is 12.3 Å². The van der Waals surface area contributed by atoms with E-state index in [9.17, 15) is 8.42 Å². The van der Waals surface area contributed by atoms with E-state index in [1.165, 1.54) is 6.20 Å². The van der Waals surface area contributed by atoms with Crippen molar-refractivity contribution in [2.75, 3.05) is 13.2 Å². The molecule has 0 fully saturated rings. The van der Waals surface area contributed by atoms with Gasteiger partial charge < -0.3 is 9.30 Å². The van der Waals surface area contributed by atoms with Gasteiger partial charge in [0.05, 0.1) is 6.61 Å². The van der Waals surface area contributed by atoms with Crippen molar-refractivity contribution in [1.29, 1.82) is 0 Å². The number of sulfonamides is 1. The van der Waals surface area contributed by atoms with Gasteiger partial charge in [0.2, 0.25) is 0 Å².